The van der Waals surface area contributed by atoms with Crippen molar-refractivity contribution in [3.63, 3.8) is 0 Å². The number of anilines is 1. The predicted octanol–water partition coefficient (Wildman–Crippen LogP) is 5.23. The Kier molecular flexibility index (Phi) is 5.09. The predicted molar refractivity (Wildman–Crippen MR) is 111 cm³/mol. The summed E-state index contributed by atoms with van der Waals surface area (Å²) in [5.74, 6) is 0.496. The number of esters is 1. The summed E-state index contributed by atoms with van der Waals surface area (Å²) in [6.07, 6.45) is 5.29. The van der Waals surface area contributed by atoms with Gasteiger partial charge >= 0.3 is 5.97 Å². The van der Waals surface area contributed by atoms with Crippen molar-refractivity contribution in [2.75, 3.05) is 11.9 Å². The largest absolute Gasteiger partial charge is 0.462 e. The molecule has 0 spiro atoms. The van der Waals surface area contributed by atoms with Crippen LogP contribution in [0.5, 0.6) is 0 Å². The Morgan fingerprint density at radius 2 is 2.00 bits per heavy atom. The Bertz CT molecular complexity index is 965. The van der Waals surface area contributed by atoms with E-state index in [-0.39, 0.29) is 28.5 Å². The van der Waals surface area contributed by atoms with Crippen molar-refractivity contribution in [2.45, 2.75) is 32.2 Å². The first-order valence-electron chi connectivity index (χ1n) is 9.92. The minimum atomic E-state index is -0.382. The van der Waals surface area contributed by atoms with E-state index in [1.165, 1.54) is 0 Å². The molecule has 1 aliphatic heterocycles. The highest BCUT2D eigenvalue weighted by molar-refractivity contribution is 5.90. The van der Waals surface area contributed by atoms with E-state index in [1.807, 2.05) is 38.1 Å². The number of benzene rings is 2. The van der Waals surface area contributed by atoms with Crippen molar-refractivity contribution < 1.29 is 14.5 Å². The van der Waals surface area contributed by atoms with Crippen molar-refractivity contribution >= 4 is 17.3 Å². The molecule has 2 aromatic carbocycles. The average Bonchev–Trinajstić information content (AvgIpc) is 3.21. The van der Waals surface area contributed by atoms with Crippen LogP contribution in [0.4, 0.5) is 11.4 Å². The van der Waals surface area contributed by atoms with Crippen molar-refractivity contribution in [2.24, 2.45) is 11.8 Å². The molecule has 0 unspecified atom stereocenters. The van der Waals surface area contributed by atoms with E-state index in [2.05, 4.69) is 17.5 Å². The second-order valence-corrected chi connectivity index (χ2v) is 8.12. The van der Waals surface area contributed by atoms with E-state index in [0.29, 0.717) is 24.0 Å². The highest BCUT2D eigenvalue weighted by Crippen LogP contribution is 2.50. The minimum absolute atomic E-state index is 0.0575. The average molecular weight is 392 g/mol. The lowest BCUT2D eigenvalue weighted by molar-refractivity contribution is -0.384. The van der Waals surface area contributed by atoms with Crippen molar-refractivity contribution in [3.8, 4) is 0 Å². The standard InChI is InChI=1S/C23H24N2O4/c1-14(2)13-29-23(26)16-8-11-21-20(12-16)18-4-3-5-19(18)22(24-21)15-6-9-17(10-7-15)25(27)28/h3-4,6-12,14,18-19,22,24H,5,13H2,1-2H3/t18-,19+,22-/m1/s1. The summed E-state index contributed by atoms with van der Waals surface area (Å²) in [4.78, 5) is 22.9. The van der Waals surface area contributed by atoms with Gasteiger partial charge in [-0.1, -0.05) is 38.1 Å². The monoisotopic (exact) mass is 392 g/mol. The van der Waals surface area contributed by atoms with Crippen LogP contribution in [0.2, 0.25) is 0 Å². The Balaban J connectivity index is 1.62. The van der Waals surface area contributed by atoms with E-state index in [4.69, 9.17) is 4.74 Å². The van der Waals surface area contributed by atoms with Crippen LogP contribution >= 0.6 is 0 Å². The van der Waals surface area contributed by atoms with Crippen molar-refractivity contribution in [1.82, 2.24) is 0 Å². The number of allylic oxidation sites excluding steroid dienone is 2. The van der Waals surface area contributed by atoms with Gasteiger partial charge in [-0.05, 0) is 47.6 Å². The number of nitro groups is 1. The summed E-state index contributed by atoms with van der Waals surface area (Å²) in [6, 6.07) is 12.5. The smallest absolute Gasteiger partial charge is 0.338 e. The fourth-order valence-electron chi connectivity index (χ4n) is 4.18. The van der Waals surface area contributed by atoms with Crippen LogP contribution in [0.1, 0.15) is 53.7 Å². The third-order valence-electron chi connectivity index (χ3n) is 5.61. The number of nitrogens with one attached hydrogen (secondary N) is 1. The number of fused-ring (bicyclic) bond motifs is 3. The van der Waals surface area contributed by atoms with Crippen LogP contribution in [0.3, 0.4) is 0 Å². The molecule has 150 valence electrons. The van der Waals surface area contributed by atoms with E-state index in [1.54, 1.807) is 18.2 Å². The molecule has 2 aromatic rings. The first kappa shape index (κ1) is 19.2. The van der Waals surface area contributed by atoms with Gasteiger partial charge in [-0.2, -0.15) is 0 Å². The quantitative estimate of drug-likeness (QED) is 0.326. The van der Waals surface area contributed by atoms with Gasteiger partial charge < -0.3 is 10.1 Å². The zero-order chi connectivity index (χ0) is 20.5. The number of nitro benzene ring substituents is 1. The molecular weight excluding hydrogens is 368 g/mol. The number of non-ortho nitro benzene ring substituents is 1. The molecule has 0 amide bonds. The summed E-state index contributed by atoms with van der Waals surface area (Å²) in [5, 5.41) is 14.5. The van der Waals surface area contributed by atoms with Gasteiger partial charge in [-0.25, -0.2) is 4.79 Å². The number of hydrogen-bond acceptors (Lipinski definition) is 5. The molecule has 0 aromatic heterocycles. The SMILES string of the molecule is CC(C)COC(=O)c1ccc2c(c1)[C@@H]1C=CC[C@@H]1[C@@H](c1ccc([N+](=O)[O-])cc1)N2. The molecule has 2 aliphatic rings. The van der Waals surface area contributed by atoms with Gasteiger partial charge in [0.05, 0.1) is 23.1 Å². The molecule has 6 heteroatoms. The summed E-state index contributed by atoms with van der Waals surface area (Å²) >= 11 is 0. The molecule has 0 bridgehead atoms. The molecule has 1 aliphatic carbocycles. The molecule has 0 radical (unpaired) electrons. The Morgan fingerprint density at radius 3 is 2.69 bits per heavy atom. The van der Waals surface area contributed by atoms with Gasteiger partial charge in [0, 0.05) is 23.7 Å². The molecule has 6 nitrogen and oxygen atoms in total. The van der Waals surface area contributed by atoms with Gasteiger partial charge in [0.2, 0.25) is 0 Å². The number of ether oxygens (including phenoxy) is 1. The normalized spacial score (nSPS) is 22.0. The minimum Gasteiger partial charge on any atom is -0.462 e. The van der Waals surface area contributed by atoms with Crippen LogP contribution in [0.25, 0.3) is 0 Å². The molecular formula is C23H24N2O4. The van der Waals surface area contributed by atoms with Crippen LogP contribution in [0, 0.1) is 22.0 Å². The molecule has 4 rings (SSSR count). The third-order valence-corrected chi connectivity index (χ3v) is 5.61. The number of rotatable bonds is 5. The maximum Gasteiger partial charge on any atom is 0.338 e. The Labute approximate surface area is 169 Å². The fourth-order valence-corrected chi connectivity index (χ4v) is 4.18. The first-order chi connectivity index (χ1) is 13.9. The summed E-state index contributed by atoms with van der Waals surface area (Å²) in [6.45, 7) is 4.43. The van der Waals surface area contributed by atoms with Gasteiger partial charge in [0.15, 0.2) is 0 Å². The van der Waals surface area contributed by atoms with E-state index < -0.39 is 0 Å². The van der Waals surface area contributed by atoms with Gasteiger partial charge in [-0.3, -0.25) is 10.1 Å². The highest BCUT2D eigenvalue weighted by Gasteiger charge is 2.38. The molecule has 1 N–H and O–H groups in total. The van der Waals surface area contributed by atoms with Crippen LogP contribution in [0.15, 0.2) is 54.6 Å². The van der Waals surface area contributed by atoms with Gasteiger partial charge in [0.1, 0.15) is 0 Å². The van der Waals surface area contributed by atoms with E-state index in [0.717, 1.165) is 23.2 Å². The molecule has 1 heterocycles. The van der Waals surface area contributed by atoms with Crippen LogP contribution in [-0.2, 0) is 4.74 Å². The third kappa shape index (κ3) is 3.75. The second kappa shape index (κ2) is 7.70. The Hall–Kier alpha value is -3.15. The lowest BCUT2D eigenvalue weighted by Crippen LogP contribution is -2.29. The summed E-state index contributed by atoms with van der Waals surface area (Å²) in [5.41, 5.74) is 3.78. The van der Waals surface area contributed by atoms with Crippen LogP contribution < -0.4 is 5.32 Å². The first-order valence-corrected chi connectivity index (χ1v) is 9.92. The number of nitrogens with zero attached hydrogens (tertiary/aromatic N) is 1. The summed E-state index contributed by atoms with van der Waals surface area (Å²) < 4.78 is 5.38. The lowest BCUT2D eigenvalue weighted by Gasteiger charge is -2.37. The molecule has 29 heavy (non-hydrogen) atoms. The number of carbonyl (C=O) groups excluding carboxylic acids is 1. The topological polar surface area (TPSA) is 81.5 Å². The van der Waals surface area contributed by atoms with Crippen molar-refractivity contribution in [1.29, 1.82) is 0 Å². The Morgan fingerprint density at radius 1 is 1.24 bits per heavy atom. The van der Waals surface area contributed by atoms with Gasteiger partial charge in [0.25, 0.3) is 5.69 Å². The maximum absolute atomic E-state index is 12.4. The zero-order valence-electron chi connectivity index (χ0n) is 16.5. The van der Waals surface area contributed by atoms with E-state index >= 15 is 0 Å². The summed E-state index contributed by atoms with van der Waals surface area (Å²) in [7, 11) is 0. The zero-order valence-corrected chi connectivity index (χ0v) is 16.5. The maximum atomic E-state index is 12.4. The second-order valence-electron chi connectivity index (χ2n) is 8.12. The number of carbonyl (C=O) groups is 1. The van der Waals surface area contributed by atoms with Gasteiger partial charge in [-0.15, -0.1) is 0 Å². The molecule has 3 atom stereocenters. The fraction of sp³-hybridized carbons (Fsp3) is 0.348. The molecule has 0 saturated heterocycles. The number of hydrogen-bond donors (Lipinski definition) is 1. The highest BCUT2D eigenvalue weighted by atomic mass is 16.6. The lowest BCUT2D eigenvalue weighted by atomic mass is 9.76. The molecule has 0 saturated carbocycles. The molecule has 0 fully saturated rings. The van der Waals surface area contributed by atoms with Crippen molar-refractivity contribution in [3.05, 3.63) is 81.4 Å². The van der Waals surface area contributed by atoms with Crippen LogP contribution in [-0.4, -0.2) is 17.5 Å². The van der Waals surface area contributed by atoms with E-state index in [9.17, 15) is 14.9 Å².